The molecule has 84 valence electrons. The number of hydrogen-bond donors (Lipinski definition) is 2. The number of alkyl halides is 1. The fourth-order valence-electron chi connectivity index (χ4n) is 0.874. The SMILES string of the molecule is COCCC(C)(O)CNC(=O)CCCl. The van der Waals surface area contributed by atoms with Crippen LogP contribution in [0.25, 0.3) is 0 Å². The lowest BCUT2D eigenvalue weighted by atomic mass is 10.0. The number of ether oxygens (including phenoxy) is 1. The number of nitrogens with one attached hydrogen (secondary N) is 1. The van der Waals surface area contributed by atoms with Crippen molar-refractivity contribution in [3.8, 4) is 0 Å². The van der Waals surface area contributed by atoms with E-state index in [9.17, 15) is 9.90 Å². The molecule has 1 amide bonds. The summed E-state index contributed by atoms with van der Waals surface area (Å²) in [5, 5.41) is 12.3. The third-order valence-electron chi connectivity index (χ3n) is 1.83. The summed E-state index contributed by atoms with van der Waals surface area (Å²) in [6.07, 6.45) is 0.770. The molecule has 0 aromatic rings. The van der Waals surface area contributed by atoms with E-state index in [1.54, 1.807) is 14.0 Å². The normalized spacial score (nSPS) is 14.9. The molecule has 14 heavy (non-hydrogen) atoms. The Morgan fingerprint density at radius 2 is 2.29 bits per heavy atom. The average molecular weight is 224 g/mol. The fourth-order valence-corrected chi connectivity index (χ4v) is 1.05. The number of rotatable bonds is 7. The van der Waals surface area contributed by atoms with Crippen molar-refractivity contribution in [2.75, 3.05) is 26.1 Å². The first-order valence-electron chi connectivity index (χ1n) is 4.56. The number of hydrogen-bond acceptors (Lipinski definition) is 3. The minimum atomic E-state index is -0.919. The van der Waals surface area contributed by atoms with E-state index in [-0.39, 0.29) is 18.9 Å². The molecule has 4 nitrogen and oxygen atoms in total. The Morgan fingerprint density at radius 3 is 2.79 bits per heavy atom. The highest BCUT2D eigenvalue weighted by Gasteiger charge is 2.20. The molecule has 1 unspecified atom stereocenters. The molecule has 0 heterocycles. The lowest BCUT2D eigenvalue weighted by molar-refractivity contribution is -0.122. The Balaban J connectivity index is 3.68. The maximum atomic E-state index is 11.0. The van der Waals surface area contributed by atoms with Gasteiger partial charge in [-0.15, -0.1) is 11.6 Å². The van der Waals surface area contributed by atoms with Gasteiger partial charge in [-0.2, -0.15) is 0 Å². The zero-order valence-electron chi connectivity index (χ0n) is 8.68. The smallest absolute Gasteiger partial charge is 0.221 e. The lowest BCUT2D eigenvalue weighted by Gasteiger charge is -2.23. The third-order valence-corrected chi connectivity index (χ3v) is 2.02. The van der Waals surface area contributed by atoms with Crippen molar-refractivity contribution in [3.05, 3.63) is 0 Å². The number of carbonyl (C=O) groups is 1. The van der Waals surface area contributed by atoms with Crippen molar-refractivity contribution < 1.29 is 14.6 Å². The highest BCUT2D eigenvalue weighted by molar-refractivity contribution is 6.18. The van der Waals surface area contributed by atoms with Crippen molar-refractivity contribution in [2.24, 2.45) is 0 Å². The second-order valence-corrected chi connectivity index (χ2v) is 3.83. The van der Waals surface area contributed by atoms with E-state index in [0.29, 0.717) is 18.9 Å². The van der Waals surface area contributed by atoms with Crippen LogP contribution < -0.4 is 5.32 Å². The Bertz CT molecular complexity index is 173. The molecule has 0 radical (unpaired) electrons. The van der Waals surface area contributed by atoms with Gasteiger partial charge >= 0.3 is 0 Å². The predicted molar refractivity (Wildman–Crippen MR) is 55.5 cm³/mol. The predicted octanol–water partition coefficient (Wildman–Crippen LogP) is 0.519. The van der Waals surface area contributed by atoms with Crippen molar-refractivity contribution in [1.29, 1.82) is 0 Å². The Kier molecular flexibility index (Phi) is 6.87. The molecule has 0 aliphatic rings. The largest absolute Gasteiger partial charge is 0.388 e. The first-order valence-corrected chi connectivity index (χ1v) is 5.09. The molecule has 0 rings (SSSR count). The molecule has 5 heteroatoms. The molecular weight excluding hydrogens is 206 g/mol. The van der Waals surface area contributed by atoms with Crippen molar-refractivity contribution in [3.63, 3.8) is 0 Å². The molecule has 0 spiro atoms. The monoisotopic (exact) mass is 223 g/mol. The van der Waals surface area contributed by atoms with Crippen molar-refractivity contribution >= 4 is 17.5 Å². The van der Waals surface area contributed by atoms with Crippen LogP contribution in [0.1, 0.15) is 19.8 Å². The fraction of sp³-hybridized carbons (Fsp3) is 0.889. The second kappa shape index (κ2) is 7.04. The minimum absolute atomic E-state index is 0.141. The summed E-state index contributed by atoms with van der Waals surface area (Å²) in [5.74, 6) is 0.157. The van der Waals surface area contributed by atoms with Gasteiger partial charge in [0, 0.05) is 39.0 Å². The van der Waals surface area contributed by atoms with Gasteiger partial charge in [0.25, 0.3) is 0 Å². The van der Waals surface area contributed by atoms with Crippen LogP contribution in [0.2, 0.25) is 0 Å². The van der Waals surface area contributed by atoms with E-state index in [1.165, 1.54) is 0 Å². The molecule has 0 fully saturated rings. The highest BCUT2D eigenvalue weighted by atomic mass is 35.5. The van der Waals surface area contributed by atoms with Crippen LogP contribution in [-0.4, -0.2) is 42.8 Å². The number of methoxy groups -OCH3 is 1. The number of amides is 1. The maximum absolute atomic E-state index is 11.0. The van der Waals surface area contributed by atoms with E-state index in [4.69, 9.17) is 16.3 Å². The summed E-state index contributed by atoms with van der Waals surface area (Å²) < 4.78 is 4.84. The molecule has 2 N–H and O–H groups in total. The number of halogens is 1. The van der Waals surface area contributed by atoms with Crippen LogP contribution in [-0.2, 0) is 9.53 Å². The van der Waals surface area contributed by atoms with Gasteiger partial charge in [0.1, 0.15) is 0 Å². The summed E-state index contributed by atoms with van der Waals surface area (Å²) in [7, 11) is 1.57. The van der Waals surface area contributed by atoms with Gasteiger partial charge in [0.05, 0.1) is 5.60 Å². The molecule has 1 atom stereocenters. The summed E-state index contributed by atoms with van der Waals surface area (Å²) in [6, 6.07) is 0. The molecule has 0 saturated carbocycles. The first kappa shape index (κ1) is 13.7. The molecule has 0 saturated heterocycles. The summed E-state index contributed by atoms with van der Waals surface area (Å²) in [5.41, 5.74) is -0.919. The van der Waals surface area contributed by atoms with Crippen LogP contribution >= 0.6 is 11.6 Å². The van der Waals surface area contributed by atoms with Crippen LogP contribution in [0.4, 0.5) is 0 Å². The Morgan fingerprint density at radius 1 is 1.64 bits per heavy atom. The van der Waals surface area contributed by atoms with Crippen LogP contribution in [0, 0.1) is 0 Å². The Labute approximate surface area is 89.6 Å². The standard InChI is InChI=1S/C9H18ClNO3/c1-9(13,4-6-14-2)7-11-8(12)3-5-10/h13H,3-7H2,1-2H3,(H,11,12). The van der Waals surface area contributed by atoms with Gasteiger partial charge in [-0.25, -0.2) is 0 Å². The molecule has 0 aromatic heterocycles. The minimum Gasteiger partial charge on any atom is -0.388 e. The zero-order chi connectivity index (χ0) is 11.0. The summed E-state index contributed by atoms with van der Waals surface area (Å²) in [6.45, 7) is 2.36. The van der Waals surface area contributed by atoms with Crippen LogP contribution in [0.15, 0.2) is 0 Å². The van der Waals surface area contributed by atoms with E-state index < -0.39 is 5.60 Å². The Hall–Kier alpha value is -0.320. The maximum Gasteiger partial charge on any atom is 0.221 e. The highest BCUT2D eigenvalue weighted by Crippen LogP contribution is 2.07. The van der Waals surface area contributed by atoms with Gasteiger partial charge in [-0.3, -0.25) is 4.79 Å². The van der Waals surface area contributed by atoms with E-state index >= 15 is 0 Å². The zero-order valence-corrected chi connectivity index (χ0v) is 9.43. The van der Waals surface area contributed by atoms with Crippen molar-refractivity contribution in [2.45, 2.75) is 25.4 Å². The molecule has 0 aliphatic heterocycles. The molecule has 0 aromatic carbocycles. The van der Waals surface area contributed by atoms with Crippen molar-refractivity contribution in [1.82, 2.24) is 5.32 Å². The van der Waals surface area contributed by atoms with E-state index in [0.717, 1.165) is 0 Å². The number of aliphatic hydroxyl groups is 1. The van der Waals surface area contributed by atoms with Gasteiger partial charge in [-0.05, 0) is 6.92 Å². The molecular formula is C9H18ClNO3. The lowest BCUT2D eigenvalue weighted by Crippen LogP contribution is -2.41. The summed E-state index contributed by atoms with van der Waals surface area (Å²) in [4.78, 5) is 11.0. The quantitative estimate of drug-likeness (QED) is 0.619. The van der Waals surface area contributed by atoms with Gasteiger partial charge in [0.2, 0.25) is 5.91 Å². The summed E-state index contributed by atoms with van der Waals surface area (Å²) >= 11 is 5.39. The number of carbonyl (C=O) groups excluding carboxylic acids is 1. The average Bonchev–Trinajstić information content (AvgIpc) is 2.13. The van der Waals surface area contributed by atoms with Crippen LogP contribution in [0.5, 0.6) is 0 Å². The topological polar surface area (TPSA) is 58.6 Å². The van der Waals surface area contributed by atoms with Gasteiger partial charge in [0.15, 0.2) is 0 Å². The molecule has 0 aliphatic carbocycles. The van der Waals surface area contributed by atoms with Gasteiger partial charge < -0.3 is 15.2 Å². The third kappa shape index (κ3) is 7.12. The van der Waals surface area contributed by atoms with Crippen LogP contribution in [0.3, 0.4) is 0 Å². The van der Waals surface area contributed by atoms with E-state index in [1.807, 2.05) is 0 Å². The van der Waals surface area contributed by atoms with E-state index in [2.05, 4.69) is 5.32 Å². The molecule has 0 bridgehead atoms. The second-order valence-electron chi connectivity index (χ2n) is 3.46. The van der Waals surface area contributed by atoms with Gasteiger partial charge in [-0.1, -0.05) is 0 Å². The first-order chi connectivity index (χ1) is 6.52.